The summed E-state index contributed by atoms with van der Waals surface area (Å²) in [6, 6.07) is 0. The van der Waals surface area contributed by atoms with Crippen molar-refractivity contribution < 1.29 is 9.90 Å². The van der Waals surface area contributed by atoms with E-state index in [4.69, 9.17) is 5.11 Å². The van der Waals surface area contributed by atoms with Gasteiger partial charge in [-0.15, -0.1) is 0 Å². The number of carbonyl (C=O) groups is 1. The van der Waals surface area contributed by atoms with Crippen molar-refractivity contribution in [2.45, 2.75) is 13.0 Å². The largest absolute Gasteiger partial charge is 0.384 e. The second-order valence-corrected chi connectivity index (χ2v) is 3.52. The highest BCUT2D eigenvalue weighted by atomic mass is 32.1. The van der Waals surface area contributed by atoms with Gasteiger partial charge in [0, 0.05) is 26.2 Å². The van der Waals surface area contributed by atoms with Gasteiger partial charge in [0.15, 0.2) is 0 Å². The maximum atomic E-state index is 11.2. The number of aliphatic hydroxyl groups is 1. The van der Waals surface area contributed by atoms with Crippen LogP contribution in [0.15, 0.2) is 0 Å². The Labute approximate surface area is 77.7 Å². The van der Waals surface area contributed by atoms with Crippen molar-refractivity contribution in [1.29, 1.82) is 0 Å². The van der Waals surface area contributed by atoms with Crippen molar-refractivity contribution in [3.63, 3.8) is 0 Å². The summed E-state index contributed by atoms with van der Waals surface area (Å²) in [6.45, 7) is 4.35. The van der Waals surface area contributed by atoms with Crippen LogP contribution in [0, 0.1) is 0 Å². The number of carbonyl (C=O) groups excluding carboxylic acids is 1. The first-order valence-electron chi connectivity index (χ1n) is 4.02. The van der Waals surface area contributed by atoms with Crippen LogP contribution in [0.4, 0.5) is 0 Å². The number of nitrogens with zero attached hydrogens (tertiary/aromatic N) is 2. The zero-order valence-corrected chi connectivity index (χ0v) is 8.00. The van der Waals surface area contributed by atoms with Crippen molar-refractivity contribution in [1.82, 2.24) is 9.21 Å². The molecule has 4 nitrogen and oxygen atoms in total. The lowest BCUT2D eigenvalue weighted by atomic mass is 10.3. The molecule has 12 heavy (non-hydrogen) atoms. The van der Waals surface area contributed by atoms with Crippen LogP contribution in [0.3, 0.4) is 0 Å². The smallest absolute Gasteiger partial charge is 0.251 e. The molecule has 1 rings (SSSR count). The normalized spacial score (nSPS) is 22.4. The standard InChI is InChI=1S/C7H14N2O2S/c1-6(10)7(11)8-2-4-9(12)5-3-8/h6,10,12H,2-5H2,1H3. The molecule has 0 aromatic rings. The number of thiol groups is 1. The van der Waals surface area contributed by atoms with Crippen molar-refractivity contribution in [3.8, 4) is 0 Å². The van der Waals surface area contributed by atoms with Crippen LogP contribution in [0.2, 0.25) is 0 Å². The average molecular weight is 190 g/mol. The highest BCUT2D eigenvalue weighted by Crippen LogP contribution is 2.04. The van der Waals surface area contributed by atoms with Crippen molar-refractivity contribution in [3.05, 3.63) is 0 Å². The van der Waals surface area contributed by atoms with Crippen molar-refractivity contribution in [2.24, 2.45) is 0 Å². The fourth-order valence-electron chi connectivity index (χ4n) is 1.18. The van der Waals surface area contributed by atoms with Crippen LogP contribution in [-0.2, 0) is 4.79 Å². The SMILES string of the molecule is CC(O)C(=O)N1CCN(S)CC1. The first kappa shape index (κ1) is 9.83. The molecule has 1 aliphatic rings. The third kappa shape index (κ3) is 2.36. The number of hydrogen-bond donors (Lipinski definition) is 2. The van der Waals surface area contributed by atoms with Gasteiger partial charge in [-0.1, -0.05) is 12.8 Å². The minimum Gasteiger partial charge on any atom is -0.384 e. The Morgan fingerprint density at radius 2 is 1.92 bits per heavy atom. The quantitative estimate of drug-likeness (QED) is 0.540. The van der Waals surface area contributed by atoms with E-state index in [1.54, 1.807) is 4.90 Å². The molecule has 0 saturated carbocycles. The number of hydrogen-bond acceptors (Lipinski definition) is 4. The highest BCUT2D eigenvalue weighted by Gasteiger charge is 2.22. The van der Waals surface area contributed by atoms with E-state index < -0.39 is 6.10 Å². The van der Waals surface area contributed by atoms with Gasteiger partial charge in [-0.05, 0) is 6.92 Å². The summed E-state index contributed by atoms with van der Waals surface area (Å²) in [7, 11) is 0. The maximum absolute atomic E-state index is 11.2. The van der Waals surface area contributed by atoms with Gasteiger partial charge in [0.1, 0.15) is 6.10 Å². The molecular formula is C7H14N2O2S. The minimum absolute atomic E-state index is 0.184. The van der Waals surface area contributed by atoms with Gasteiger partial charge in [-0.2, -0.15) is 0 Å². The summed E-state index contributed by atoms with van der Waals surface area (Å²) < 4.78 is 1.87. The van der Waals surface area contributed by atoms with Crippen molar-refractivity contribution in [2.75, 3.05) is 26.2 Å². The molecule has 1 unspecified atom stereocenters. The second-order valence-electron chi connectivity index (χ2n) is 2.95. The average Bonchev–Trinajstić information content (AvgIpc) is 2.04. The fraction of sp³-hybridized carbons (Fsp3) is 0.857. The third-order valence-corrected chi connectivity index (χ3v) is 2.33. The second kappa shape index (κ2) is 4.11. The van der Waals surface area contributed by atoms with Gasteiger partial charge in [0.25, 0.3) is 5.91 Å². The van der Waals surface area contributed by atoms with Crippen LogP contribution >= 0.6 is 12.8 Å². The Kier molecular flexibility index (Phi) is 3.37. The summed E-state index contributed by atoms with van der Waals surface area (Å²) in [6.07, 6.45) is -0.878. The monoisotopic (exact) mass is 190 g/mol. The van der Waals surface area contributed by atoms with Crippen LogP contribution < -0.4 is 0 Å². The van der Waals surface area contributed by atoms with Crippen molar-refractivity contribution >= 4 is 18.7 Å². The first-order valence-corrected chi connectivity index (χ1v) is 4.42. The minimum atomic E-state index is -0.878. The number of rotatable bonds is 1. The van der Waals surface area contributed by atoms with E-state index in [1.165, 1.54) is 6.92 Å². The van der Waals surface area contributed by atoms with Gasteiger partial charge < -0.3 is 10.0 Å². The molecule has 0 aromatic heterocycles. The molecule has 0 spiro atoms. The molecular weight excluding hydrogens is 176 g/mol. The van der Waals surface area contributed by atoms with E-state index in [0.717, 1.165) is 13.1 Å². The predicted molar refractivity (Wildman–Crippen MR) is 48.8 cm³/mol. The molecule has 0 radical (unpaired) electrons. The molecule has 5 heteroatoms. The summed E-state index contributed by atoms with van der Waals surface area (Å²) in [5.74, 6) is -0.184. The number of amides is 1. The van der Waals surface area contributed by atoms with Crippen LogP contribution in [-0.4, -0.2) is 52.5 Å². The summed E-state index contributed by atoms with van der Waals surface area (Å²) in [4.78, 5) is 12.9. The molecule has 70 valence electrons. The first-order chi connectivity index (χ1) is 5.61. The fourth-order valence-corrected chi connectivity index (χ4v) is 1.36. The summed E-state index contributed by atoms with van der Waals surface area (Å²) in [5, 5.41) is 9.02. The Hall–Kier alpha value is -0.260. The van der Waals surface area contributed by atoms with E-state index in [-0.39, 0.29) is 5.91 Å². The van der Waals surface area contributed by atoms with Crippen LogP contribution in [0.25, 0.3) is 0 Å². The van der Waals surface area contributed by atoms with Gasteiger partial charge in [0.05, 0.1) is 0 Å². The molecule has 0 aromatic carbocycles. The molecule has 1 N–H and O–H groups in total. The Bertz CT molecular complexity index is 167. The van der Waals surface area contributed by atoms with Gasteiger partial charge >= 0.3 is 0 Å². The van der Waals surface area contributed by atoms with E-state index in [0.29, 0.717) is 13.1 Å². The van der Waals surface area contributed by atoms with E-state index in [9.17, 15) is 4.79 Å². The van der Waals surface area contributed by atoms with Crippen LogP contribution in [0.5, 0.6) is 0 Å². The zero-order valence-electron chi connectivity index (χ0n) is 7.10. The zero-order chi connectivity index (χ0) is 9.14. The van der Waals surface area contributed by atoms with Crippen LogP contribution in [0.1, 0.15) is 6.92 Å². The molecule has 1 aliphatic heterocycles. The van der Waals surface area contributed by atoms with E-state index in [1.807, 2.05) is 4.31 Å². The summed E-state index contributed by atoms with van der Waals surface area (Å²) >= 11 is 4.16. The molecule has 1 atom stereocenters. The van der Waals surface area contributed by atoms with E-state index in [2.05, 4.69) is 12.8 Å². The summed E-state index contributed by atoms with van der Waals surface area (Å²) in [5.41, 5.74) is 0. The molecule has 0 aliphatic carbocycles. The predicted octanol–water partition coefficient (Wildman–Crippen LogP) is -0.644. The van der Waals surface area contributed by atoms with Gasteiger partial charge in [-0.3, -0.25) is 4.79 Å². The van der Waals surface area contributed by atoms with Gasteiger partial charge in [-0.25, -0.2) is 4.31 Å². The number of piperazine rings is 1. The molecule has 1 fully saturated rings. The highest BCUT2D eigenvalue weighted by molar-refractivity contribution is 7.77. The third-order valence-electron chi connectivity index (χ3n) is 1.93. The Morgan fingerprint density at radius 1 is 1.42 bits per heavy atom. The lowest BCUT2D eigenvalue weighted by molar-refractivity contribution is -0.140. The lowest BCUT2D eigenvalue weighted by Gasteiger charge is -2.32. The Balaban J connectivity index is 2.39. The topological polar surface area (TPSA) is 43.8 Å². The van der Waals surface area contributed by atoms with Gasteiger partial charge in [0.2, 0.25) is 0 Å². The number of aliphatic hydroxyl groups excluding tert-OH is 1. The maximum Gasteiger partial charge on any atom is 0.251 e. The Morgan fingerprint density at radius 3 is 2.33 bits per heavy atom. The lowest BCUT2D eigenvalue weighted by Crippen LogP contribution is -2.48. The van der Waals surface area contributed by atoms with E-state index >= 15 is 0 Å². The molecule has 1 heterocycles. The molecule has 0 bridgehead atoms. The molecule has 1 saturated heterocycles. The molecule has 1 amide bonds.